The molecule has 0 amide bonds. The van der Waals surface area contributed by atoms with Gasteiger partial charge in [-0.1, -0.05) is 25.0 Å². The number of hydrogen-bond acceptors (Lipinski definition) is 2. The van der Waals surface area contributed by atoms with E-state index in [1.807, 2.05) is 42.9 Å². The third-order valence-corrected chi connectivity index (χ3v) is 5.97. The van der Waals surface area contributed by atoms with Crippen molar-refractivity contribution < 1.29 is 14.5 Å². The summed E-state index contributed by atoms with van der Waals surface area (Å²) in [5.41, 5.74) is 5.80. The minimum absolute atomic E-state index is 0.266. The predicted molar refractivity (Wildman–Crippen MR) is 114 cm³/mol. The van der Waals surface area contributed by atoms with Gasteiger partial charge in [0.1, 0.15) is 7.05 Å². The van der Waals surface area contributed by atoms with Gasteiger partial charge in [-0.3, -0.25) is 0 Å². The summed E-state index contributed by atoms with van der Waals surface area (Å²) in [5.74, 6) is -0.550. The van der Waals surface area contributed by atoms with E-state index in [0.717, 1.165) is 53.5 Å². The Morgan fingerprint density at radius 3 is 2.75 bits per heavy atom. The normalized spacial score (nSPS) is 18.8. The van der Waals surface area contributed by atoms with E-state index < -0.39 is 12.7 Å². The molecule has 0 unspecified atom stereocenters. The number of pyridine rings is 2. The Morgan fingerprint density at radius 1 is 1.14 bits per heavy atom. The van der Waals surface area contributed by atoms with Crippen LogP contribution >= 0.6 is 0 Å². The molecule has 3 nitrogen and oxygen atoms in total. The maximum atomic E-state index is 8.97. The molecule has 0 atom stereocenters. The minimum atomic E-state index is -2.27. The quantitative estimate of drug-likeness (QED) is 0.399. The lowest BCUT2D eigenvalue weighted by atomic mass is 9.94. The van der Waals surface area contributed by atoms with Crippen LogP contribution in [-0.4, -0.2) is 4.98 Å². The van der Waals surface area contributed by atoms with Crippen LogP contribution in [0.15, 0.2) is 40.9 Å². The molecule has 4 aromatic rings. The number of benzene rings is 1. The van der Waals surface area contributed by atoms with Crippen LogP contribution in [0, 0.1) is 20.7 Å². The molecule has 3 heterocycles. The van der Waals surface area contributed by atoms with Crippen molar-refractivity contribution in [3.63, 3.8) is 0 Å². The molecule has 0 aliphatic heterocycles. The molecule has 1 saturated carbocycles. The van der Waals surface area contributed by atoms with Gasteiger partial charge in [-0.2, -0.15) is 0 Å². The molecule has 0 bridgehead atoms. The Hall–Kier alpha value is -2.68. The fourth-order valence-corrected chi connectivity index (χ4v) is 4.51. The molecular weight excluding hydrogens is 344 g/mol. The summed E-state index contributed by atoms with van der Waals surface area (Å²) in [7, 11) is 1.99. The zero-order valence-corrected chi connectivity index (χ0v) is 16.6. The Bertz CT molecular complexity index is 1360. The lowest BCUT2D eigenvalue weighted by Crippen LogP contribution is -2.31. The van der Waals surface area contributed by atoms with Crippen molar-refractivity contribution in [3.8, 4) is 11.3 Å². The van der Waals surface area contributed by atoms with Gasteiger partial charge < -0.3 is 4.42 Å². The summed E-state index contributed by atoms with van der Waals surface area (Å²) in [4.78, 5) is 4.51. The van der Waals surface area contributed by atoms with Crippen LogP contribution < -0.4 is 4.57 Å². The van der Waals surface area contributed by atoms with Gasteiger partial charge in [-0.15, -0.1) is 0 Å². The number of aromatic nitrogens is 2. The molecule has 5 rings (SSSR count). The average molecular weight is 376 g/mol. The van der Waals surface area contributed by atoms with Crippen LogP contribution in [0.2, 0.25) is 0 Å². The first-order valence-electron chi connectivity index (χ1n) is 11.9. The van der Waals surface area contributed by atoms with Gasteiger partial charge in [-0.05, 0) is 62.2 Å². The number of furan rings is 1. The second-order valence-electron chi connectivity index (χ2n) is 7.95. The van der Waals surface area contributed by atoms with Crippen LogP contribution in [-0.2, 0) is 7.05 Å². The lowest BCUT2D eigenvalue weighted by molar-refractivity contribution is -0.660. The number of aryl methyl sites for hydroxylation is 4. The number of fused-ring (bicyclic) bond motifs is 3. The van der Waals surface area contributed by atoms with Crippen molar-refractivity contribution in [1.29, 1.82) is 0 Å². The smallest absolute Gasteiger partial charge is 0.227 e. The van der Waals surface area contributed by atoms with E-state index >= 15 is 0 Å². The Kier molecular flexibility index (Phi) is 3.10. The monoisotopic (exact) mass is 375 g/mol. The van der Waals surface area contributed by atoms with Crippen molar-refractivity contribution in [2.45, 2.75) is 52.3 Å². The molecule has 1 aliphatic carbocycles. The molecule has 1 aliphatic rings. The maximum Gasteiger partial charge on any atom is 0.227 e. The van der Waals surface area contributed by atoms with E-state index in [1.54, 1.807) is 13.0 Å². The first kappa shape index (κ1) is 13.5. The fourth-order valence-electron chi connectivity index (χ4n) is 4.51. The highest BCUT2D eigenvalue weighted by molar-refractivity contribution is 6.10. The maximum absolute atomic E-state index is 8.97. The van der Waals surface area contributed by atoms with E-state index in [4.69, 9.17) is 9.90 Å². The van der Waals surface area contributed by atoms with Gasteiger partial charge in [0, 0.05) is 28.7 Å². The molecule has 142 valence electrons. The molecule has 0 saturated heterocycles. The summed E-state index contributed by atoms with van der Waals surface area (Å²) in [5, 5.41) is 1.31. The molecule has 0 N–H and O–H groups in total. The van der Waals surface area contributed by atoms with E-state index in [0.29, 0.717) is 22.4 Å². The van der Waals surface area contributed by atoms with Gasteiger partial charge in [0.15, 0.2) is 11.8 Å². The van der Waals surface area contributed by atoms with Crippen molar-refractivity contribution in [1.82, 2.24) is 4.98 Å². The van der Waals surface area contributed by atoms with Gasteiger partial charge in [0.2, 0.25) is 11.4 Å². The third-order valence-electron chi connectivity index (χ3n) is 5.97. The van der Waals surface area contributed by atoms with Gasteiger partial charge in [0.05, 0.1) is 10.9 Å². The summed E-state index contributed by atoms with van der Waals surface area (Å²) in [6.45, 7) is 1.55. The molecule has 1 aromatic carbocycles. The van der Waals surface area contributed by atoms with E-state index in [9.17, 15) is 0 Å². The summed E-state index contributed by atoms with van der Waals surface area (Å²) in [6, 6.07) is 9.73. The average Bonchev–Trinajstić information content (AvgIpc) is 3.31. The van der Waals surface area contributed by atoms with Crippen molar-refractivity contribution in [3.05, 3.63) is 58.9 Å². The van der Waals surface area contributed by atoms with Crippen LogP contribution in [0.3, 0.4) is 0 Å². The predicted octanol–water partition coefficient (Wildman–Crippen LogP) is 6.06. The molecule has 28 heavy (non-hydrogen) atoms. The first-order chi connectivity index (χ1) is 15.1. The Balaban J connectivity index is 1.83. The van der Waals surface area contributed by atoms with Gasteiger partial charge in [-0.25, -0.2) is 9.55 Å². The van der Waals surface area contributed by atoms with Gasteiger partial charge in [0.25, 0.3) is 0 Å². The molecule has 0 radical (unpaired) electrons. The van der Waals surface area contributed by atoms with E-state index in [-0.39, 0.29) is 5.56 Å². The third kappa shape index (κ3) is 2.64. The van der Waals surface area contributed by atoms with Crippen molar-refractivity contribution in [2.24, 2.45) is 7.05 Å². The summed E-state index contributed by atoms with van der Waals surface area (Å²) >= 11 is 0. The minimum Gasteiger partial charge on any atom is -0.437 e. The molecule has 3 aromatic heterocycles. The highest BCUT2D eigenvalue weighted by Crippen LogP contribution is 2.39. The first-order valence-corrected chi connectivity index (χ1v) is 9.93. The highest BCUT2D eigenvalue weighted by Gasteiger charge is 2.25. The van der Waals surface area contributed by atoms with E-state index in [2.05, 4.69) is 11.1 Å². The molecule has 0 spiro atoms. The number of nitrogens with zero attached hydrogens (tertiary/aromatic N) is 2. The van der Waals surface area contributed by atoms with Crippen molar-refractivity contribution in [2.75, 3.05) is 0 Å². The second-order valence-corrected chi connectivity index (χ2v) is 7.95. The van der Waals surface area contributed by atoms with Crippen molar-refractivity contribution >= 4 is 22.1 Å². The summed E-state index contributed by atoms with van der Waals surface area (Å²) in [6.07, 6.45) is 5.93. The largest absolute Gasteiger partial charge is 0.437 e. The fraction of sp³-hybridized carbons (Fsp3) is 0.360. The van der Waals surface area contributed by atoms with Crippen LogP contribution in [0.5, 0.6) is 0 Å². The Labute approximate surface area is 171 Å². The second kappa shape index (κ2) is 6.44. The topological polar surface area (TPSA) is 29.9 Å². The Morgan fingerprint density at radius 2 is 1.96 bits per heavy atom. The van der Waals surface area contributed by atoms with Gasteiger partial charge >= 0.3 is 0 Å². The zero-order chi connectivity index (χ0) is 22.8. The zero-order valence-electron chi connectivity index (χ0n) is 20.6. The number of rotatable bonds is 2. The summed E-state index contributed by atoms with van der Waals surface area (Å²) < 4.78 is 41.4. The molecule has 3 heteroatoms. The van der Waals surface area contributed by atoms with Crippen LogP contribution in [0.25, 0.3) is 33.3 Å². The molecular formula is C25H27N2O+. The van der Waals surface area contributed by atoms with Crippen LogP contribution in [0.4, 0.5) is 0 Å². The highest BCUT2D eigenvalue weighted by atomic mass is 16.3. The van der Waals surface area contributed by atoms with E-state index in [1.165, 1.54) is 0 Å². The standard InChI is InChI=1S/C25H27N2O/c1-15-9-10-20-22-16(2)13-17(3)26-25(22)28-24(20)23(15)21-14-19(11-12-27(21)4)18-7-5-6-8-18/h9-14,18H,5-8H2,1-4H3/q+1/i2D3,18D. The van der Waals surface area contributed by atoms with Crippen LogP contribution in [0.1, 0.15) is 59.4 Å². The number of hydrogen-bond donors (Lipinski definition) is 0. The SMILES string of the molecule is [2H]C([2H])([2H])c1cc(C)nc2oc3c(-c4cc(C5([2H])CCCC5)cc[n+]4C)c(C)ccc3c12. The lowest BCUT2D eigenvalue weighted by Gasteiger charge is -2.11. The molecule has 1 fully saturated rings.